The van der Waals surface area contributed by atoms with Crippen molar-refractivity contribution < 1.29 is 4.74 Å². The molecule has 1 atom stereocenters. The summed E-state index contributed by atoms with van der Waals surface area (Å²) in [6.07, 6.45) is 1.98. The molecule has 2 aromatic carbocycles. The van der Waals surface area contributed by atoms with E-state index in [4.69, 9.17) is 10.5 Å². The van der Waals surface area contributed by atoms with Crippen LogP contribution < -0.4 is 10.5 Å². The van der Waals surface area contributed by atoms with Crippen molar-refractivity contribution in [2.45, 2.75) is 32.6 Å². The lowest BCUT2D eigenvalue weighted by atomic mass is 9.98. The van der Waals surface area contributed by atoms with Gasteiger partial charge in [-0.25, -0.2) is 0 Å². The van der Waals surface area contributed by atoms with Gasteiger partial charge < -0.3 is 10.5 Å². The van der Waals surface area contributed by atoms with Gasteiger partial charge in [0.1, 0.15) is 11.5 Å². The molecule has 2 heteroatoms. The predicted molar refractivity (Wildman–Crippen MR) is 84.4 cm³/mol. The summed E-state index contributed by atoms with van der Waals surface area (Å²) in [6.45, 7) is 5.09. The van der Waals surface area contributed by atoms with E-state index in [1.165, 1.54) is 11.1 Å². The number of hydrogen-bond acceptors (Lipinski definition) is 2. The molecule has 1 unspecified atom stereocenters. The quantitative estimate of drug-likeness (QED) is 0.838. The summed E-state index contributed by atoms with van der Waals surface area (Å²) in [5.41, 5.74) is 8.08. The van der Waals surface area contributed by atoms with E-state index in [1.54, 1.807) is 0 Å². The van der Waals surface area contributed by atoms with Gasteiger partial charge in [0.2, 0.25) is 0 Å². The normalized spacial score (nSPS) is 12.2. The highest BCUT2D eigenvalue weighted by Gasteiger charge is 2.10. The van der Waals surface area contributed by atoms with Gasteiger partial charge in [0, 0.05) is 0 Å². The number of nitrogens with two attached hydrogens (primary N) is 1. The first-order valence-electron chi connectivity index (χ1n) is 7.30. The van der Waals surface area contributed by atoms with Crippen LogP contribution in [0.15, 0.2) is 48.5 Å². The maximum atomic E-state index is 6.08. The Bertz CT molecular complexity index is 551. The molecule has 0 amide bonds. The van der Waals surface area contributed by atoms with E-state index in [0.717, 1.165) is 24.3 Å². The van der Waals surface area contributed by atoms with E-state index in [0.29, 0.717) is 12.5 Å². The highest BCUT2D eigenvalue weighted by atomic mass is 16.5. The van der Waals surface area contributed by atoms with Gasteiger partial charge in [-0.2, -0.15) is 0 Å². The molecule has 2 nitrogen and oxygen atoms in total. The van der Waals surface area contributed by atoms with Gasteiger partial charge in [-0.05, 0) is 54.6 Å². The summed E-state index contributed by atoms with van der Waals surface area (Å²) in [5.74, 6) is 2.33. The first-order valence-corrected chi connectivity index (χ1v) is 7.30. The van der Waals surface area contributed by atoms with Gasteiger partial charge in [0.25, 0.3) is 0 Å². The lowest BCUT2D eigenvalue weighted by Crippen LogP contribution is -2.02. The second kappa shape index (κ2) is 7.11. The zero-order chi connectivity index (χ0) is 14.4. The van der Waals surface area contributed by atoms with Gasteiger partial charge in [-0.15, -0.1) is 0 Å². The van der Waals surface area contributed by atoms with Gasteiger partial charge in [-0.3, -0.25) is 0 Å². The Morgan fingerprint density at radius 3 is 2.65 bits per heavy atom. The fourth-order valence-electron chi connectivity index (χ4n) is 2.26. The monoisotopic (exact) mass is 269 g/mol. The fourth-order valence-corrected chi connectivity index (χ4v) is 2.26. The third-order valence-corrected chi connectivity index (χ3v) is 3.62. The maximum Gasteiger partial charge on any atom is 0.130 e. The molecule has 0 fully saturated rings. The number of ether oxygens (including phenoxy) is 1. The van der Waals surface area contributed by atoms with Crippen LogP contribution >= 0.6 is 0 Å². The Labute approximate surface area is 121 Å². The van der Waals surface area contributed by atoms with Crippen molar-refractivity contribution in [3.05, 3.63) is 59.7 Å². The zero-order valence-electron chi connectivity index (χ0n) is 12.3. The summed E-state index contributed by atoms with van der Waals surface area (Å²) >= 11 is 0. The average molecular weight is 269 g/mol. The minimum absolute atomic E-state index is 0.499. The van der Waals surface area contributed by atoms with Crippen molar-refractivity contribution in [2.75, 3.05) is 6.54 Å². The van der Waals surface area contributed by atoms with Crippen molar-refractivity contribution in [1.29, 1.82) is 0 Å². The van der Waals surface area contributed by atoms with Gasteiger partial charge in [0.05, 0.1) is 0 Å². The predicted octanol–water partition coefficient (Wildman–Crippen LogP) is 4.49. The third kappa shape index (κ3) is 3.61. The molecule has 2 aromatic rings. The summed E-state index contributed by atoms with van der Waals surface area (Å²) in [6, 6.07) is 16.4. The molecule has 0 saturated carbocycles. The van der Waals surface area contributed by atoms with Crippen LogP contribution in [0.1, 0.15) is 37.3 Å². The molecule has 0 aliphatic rings. The van der Waals surface area contributed by atoms with Crippen molar-refractivity contribution in [1.82, 2.24) is 0 Å². The van der Waals surface area contributed by atoms with E-state index in [2.05, 4.69) is 38.1 Å². The van der Waals surface area contributed by atoms with Gasteiger partial charge in [-0.1, -0.05) is 44.2 Å². The highest BCUT2D eigenvalue weighted by Crippen LogP contribution is 2.32. The Morgan fingerprint density at radius 1 is 1.10 bits per heavy atom. The SMILES string of the molecule is CCC(C)c1ccccc1Oc1cccc(CCN)c1. The minimum atomic E-state index is 0.499. The Balaban J connectivity index is 2.23. The molecule has 2 rings (SSSR count). The first kappa shape index (κ1) is 14.6. The fraction of sp³-hybridized carbons (Fsp3) is 0.333. The Hall–Kier alpha value is -1.80. The van der Waals surface area contributed by atoms with Crippen LogP contribution in [-0.2, 0) is 6.42 Å². The molecule has 20 heavy (non-hydrogen) atoms. The third-order valence-electron chi connectivity index (χ3n) is 3.62. The van der Waals surface area contributed by atoms with Crippen LogP contribution in [0.25, 0.3) is 0 Å². The number of para-hydroxylation sites is 1. The summed E-state index contributed by atoms with van der Waals surface area (Å²) < 4.78 is 6.08. The molecule has 0 bridgehead atoms. The molecular formula is C18H23NO. The van der Waals surface area contributed by atoms with E-state index in [1.807, 2.05) is 24.3 Å². The Morgan fingerprint density at radius 2 is 1.90 bits per heavy atom. The standard InChI is InChI=1S/C18H23NO/c1-3-14(2)17-9-4-5-10-18(17)20-16-8-6-7-15(13-16)11-12-19/h4-10,13-14H,3,11-12,19H2,1-2H3. The molecule has 0 saturated heterocycles. The smallest absolute Gasteiger partial charge is 0.130 e. The largest absolute Gasteiger partial charge is 0.457 e. The first-order chi connectivity index (χ1) is 9.74. The van der Waals surface area contributed by atoms with Crippen LogP contribution in [0.4, 0.5) is 0 Å². The van der Waals surface area contributed by atoms with Crippen LogP contribution in [0, 0.1) is 0 Å². The molecule has 0 spiro atoms. The zero-order valence-corrected chi connectivity index (χ0v) is 12.3. The van der Waals surface area contributed by atoms with Crippen molar-refractivity contribution in [3.63, 3.8) is 0 Å². The topological polar surface area (TPSA) is 35.2 Å². The van der Waals surface area contributed by atoms with Crippen LogP contribution in [0.3, 0.4) is 0 Å². The van der Waals surface area contributed by atoms with Crippen LogP contribution in [0.2, 0.25) is 0 Å². The lowest BCUT2D eigenvalue weighted by molar-refractivity contribution is 0.469. The van der Waals surface area contributed by atoms with Gasteiger partial charge >= 0.3 is 0 Å². The van der Waals surface area contributed by atoms with Gasteiger partial charge in [0.15, 0.2) is 0 Å². The second-order valence-electron chi connectivity index (χ2n) is 5.14. The number of hydrogen-bond donors (Lipinski definition) is 1. The van der Waals surface area contributed by atoms with E-state index in [-0.39, 0.29) is 0 Å². The van der Waals surface area contributed by atoms with Crippen molar-refractivity contribution >= 4 is 0 Å². The number of benzene rings is 2. The maximum absolute atomic E-state index is 6.08. The summed E-state index contributed by atoms with van der Waals surface area (Å²) in [7, 11) is 0. The van der Waals surface area contributed by atoms with E-state index in [9.17, 15) is 0 Å². The molecule has 106 valence electrons. The van der Waals surface area contributed by atoms with Crippen LogP contribution in [0.5, 0.6) is 11.5 Å². The van der Waals surface area contributed by atoms with Crippen molar-refractivity contribution in [2.24, 2.45) is 5.73 Å². The summed E-state index contributed by atoms with van der Waals surface area (Å²) in [4.78, 5) is 0. The molecule has 0 heterocycles. The highest BCUT2D eigenvalue weighted by molar-refractivity contribution is 5.40. The lowest BCUT2D eigenvalue weighted by Gasteiger charge is -2.15. The van der Waals surface area contributed by atoms with E-state index < -0.39 is 0 Å². The Kier molecular flexibility index (Phi) is 5.19. The average Bonchev–Trinajstić information content (AvgIpc) is 2.48. The summed E-state index contributed by atoms with van der Waals surface area (Å²) in [5, 5.41) is 0. The molecule has 0 aliphatic heterocycles. The molecule has 2 N–H and O–H groups in total. The molecule has 0 aliphatic carbocycles. The minimum Gasteiger partial charge on any atom is -0.457 e. The molecular weight excluding hydrogens is 246 g/mol. The molecule has 0 radical (unpaired) electrons. The number of rotatable bonds is 6. The van der Waals surface area contributed by atoms with Crippen molar-refractivity contribution in [3.8, 4) is 11.5 Å². The van der Waals surface area contributed by atoms with Crippen LogP contribution in [-0.4, -0.2) is 6.54 Å². The van der Waals surface area contributed by atoms with E-state index >= 15 is 0 Å². The molecule has 0 aromatic heterocycles. The second-order valence-corrected chi connectivity index (χ2v) is 5.14.